The molecule has 0 radical (unpaired) electrons. The van der Waals surface area contributed by atoms with Crippen molar-refractivity contribution in [3.63, 3.8) is 0 Å². The van der Waals surface area contributed by atoms with Gasteiger partial charge in [-0.25, -0.2) is 4.79 Å². The molecule has 1 aromatic heterocycles. The second-order valence-corrected chi connectivity index (χ2v) is 8.93. The van der Waals surface area contributed by atoms with Crippen LogP contribution in [0.25, 0.3) is 10.9 Å². The van der Waals surface area contributed by atoms with Crippen molar-refractivity contribution >= 4 is 22.6 Å². The van der Waals surface area contributed by atoms with Gasteiger partial charge in [0.1, 0.15) is 5.75 Å². The van der Waals surface area contributed by atoms with E-state index in [1.54, 1.807) is 36.3 Å². The number of anilines is 1. The number of fused-ring (bicyclic) bond motifs is 1. The summed E-state index contributed by atoms with van der Waals surface area (Å²) in [6, 6.07) is 21.1. The van der Waals surface area contributed by atoms with Crippen molar-refractivity contribution in [3.05, 3.63) is 105 Å². The van der Waals surface area contributed by atoms with Crippen molar-refractivity contribution in [2.45, 2.75) is 33.7 Å². The van der Waals surface area contributed by atoms with Crippen molar-refractivity contribution < 1.29 is 9.53 Å². The number of ether oxygens (including phenoxy) is 1. The highest BCUT2D eigenvalue weighted by Gasteiger charge is 2.17. The Morgan fingerprint density at radius 2 is 1.71 bits per heavy atom. The first-order chi connectivity index (χ1) is 16.8. The topological polar surface area (TPSA) is 74.4 Å². The molecule has 0 unspecified atom stereocenters. The average molecular weight is 470 g/mol. The summed E-state index contributed by atoms with van der Waals surface area (Å²) in [4.78, 5) is 31.0. The smallest absolute Gasteiger partial charge is 0.322 e. The fourth-order valence-electron chi connectivity index (χ4n) is 4.20. The van der Waals surface area contributed by atoms with Crippen LogP contribution in [-0.4, -0.2) is 29.6 Å². The number of urea groups is 1. The number of aryl methyl sites for hydroxylation is 3. The highest BCUT2D eigenvalue weighted by molar-refractivity contribution is 5.89. The summed E-state index contributed by atoms with van der Waals surface area (Å²) in [7, 11) is 1.60. The van der Waals surface area contributed by atoms with E-state index in [0.717, 1.165) is 27.6 Å². The Labute approximate surface area is 205 Å². The first-order valence-electron chi connectivity index (χ1n) is 11.7. The molecular weight excluding hydrogens is 438 g/mol. The molecule has 2 N–H and O–H groups in total. The zero-order valence-electron chi connectivity index (χ0n) is 20.6. The molecule has 0 spiro atoms. The number of aromatic nitrogens is 1. The van der Waals surface area contributed by atoms with E-state index in [1.807, 2.05) is 38.1 Å². The lowest BCUT2D eigenvalue weighted by molar-refractivity contribution is 0.209. The largest absolute Gasteiger partial charge is 0.497 e. The number of H-pyrrole nitrogens is 1. The molecule has 3 aromatic carbocycles. The standard InChI is InChI=1S/C29H31N3O3/c1-19-6-5-7-22(16-19)14-15-32(29(34)30-24-10-12-25(35-4)13-11-24)18-23-17-26-20(2)8-9-21(3)27(26)31-28(23)33/h5-13,16-17H,14-15,18H2,1-4H3,(H,30,34)(H,31,33). The molecule has 0 saturated heterocycles. The molecule has 4 rings (SSSR count). The van der Waals surface area contributed by atoms with Gasteiger partial charge in [0.15, 0.2) is 0 Å². The predicted octanol–water partition coefficient (Wildman–Crippen LogP) is 5.74. The van der Waals surface area contributed by atoms with E-state index in [0.29, 0.717) is 30.0 Å². The molecule has 0 atom stereocenters. The van der Waals surface area contributed by atoms with Crippen molar-refractivity contribution in [2.75, 3.05) is 19.0 Å². The summed E-state index contributed by atoms with van der Waals surface area (Å²) >= 11 is 0. The van der Waals surface area contributed by atoms with Gasteiger partial charge in [-0.1, -0.05) is 42.0 Å². The van der Waals surface area contributed by atoms with Crippen LogP contribution in [0.15, 0.2) is 71.5 Å². The minimum Gasteiger partial charge on any atom is -0.497 e. The number of methoxy groups -OCH3 is 1. The van der Waals surface area contributed by atoms with Crippen molar-refractivity contribution in [1.29, 1.82) is 0 Å². The third-order valence-corrected chi connectivity index (χ3v) is 6.26. The van der Waals surface area contributed by atoms with Crippen LogP contribution in [0.3, 0.4) is 0 Å². The summed E-state index contributed by atoms with van der Waals surface area (Å²) in [5.41, 5.74) is 6.30. The first-order valence-corrected chi connectivity index (χ1v) is 11.7. The summed E-state index contributed by atoms with van der Waals surface area (Å²) in [5, 5.41) is 3.95. The Balaban J connectivity index is 1.62. The summed E-state index contributed by atoms with van der Waals surface area (Å²) in [6.07, 6.45) is 0.682. The lowest BCUT2D eigenvalue weighted by Gasteiger charge is -2.23. The number of hydrogen-bond donors (Lipinski definition) is 2. The van der Waals surface area contributed by atoms with E-state index in [4.69, 9.17) is 4.74 Å². The van der Waals surface area contributed by atoms with Crippen LogP contribution in [0.5, 0.6) is 5.75 Å². The molecule has 4 aromatic rings. The molecule has 0 aliphatic heterocycles. The summed E-state index contributed by atoms with van der Waals surface area (Å²) < 4.78 is 5.20. The van der Waals surface area contributed by atoms with Crippen LogP contribution in [0.1, 0.15) is 27.8 Å². The number of benzene rings is 3. The zero-order valence-corrected chi connectivity index (χ0v) is 20.6. The van der Waals surface area contributed by atoms with E-state index in [9.17, 15) is 9.59 Å². The average Bonchev–Trinajstić information content (AvgIpc) is 2.85. The molecule has 0 fully saturated rings. The monoisotopic (exact) mass is 469 g/mol. The van der Waals surface area contributed by atoms with Gasteiger partial charge in [0.2, 0.25) is 0 Å². The van der Waals surface area contributed by atoms with Crippen molar-refractivity contribution in [2.24, 2.45) is 0 Å². The molecule has 35 heavy (non-hydrogen) atoms. The van der Waals surface area contributed by atoms with Gasteiger partial charge in [-0.3, -0.25) is 4.79 Å². The van der Waals surface area contributed by atoms with Gasteiger partial charge >= 0.3 is 6.03 Å². The molecule has 0 aliphatic rings. The van der Waals surface area contributed by atoms with E-state index in [2.05, 4.69) is 35.4 Å². The van der Waals surface area contributed by atoms with Crippen LogP contribution in [0.2, 0.25) is 0 Å². The van der Waals surface area contributed by atoms with Gasteiger partial charge in [0.25, 0.3) is 5.56 Å². The number of nitrogens with one attached hydrogen (secondary N) is 2. The minimum atomic E-state index is -0.261. The van der Waals surface area contributed by atoms with Crippen LogP contribution in [0, 0.1) is 20.8 Å². The number of carbonyl (C=O) groups is 1. The highest BCUT2D eigenvalue weighted by atomic mass is 16.5. The number of aromatic amines is 1. The van der Waals surface area contributed by atoms with Crippen LogP contribution < -0.4 is 15.6 Å². The van der Waals surface area contributed by atoms with Gasteiger partial charge in [0.05, 0.1) is 19.2 Å². The predicted molar refractivity (Wildman–Crippen MR) is 141 cm³/mol. The van der Waals surface area contributed by atoms with Crippen LogP contribution in [0.4, 0.5) is 10.5 Å². The molecule has 6 heteroatoms. The fourth-order valence-corrected chi connectivity index (χ4v) is 4.20. The van der Waals surface area contributed by atoms with Crippen LogP contribution >= 0.6 is 0 Å². The maximum Gasteiger partial charge on any atom is 0.322 e. The molecule has 2 amide bonds. The Morgan fingerprint density at radius 1 is 0.971 bits per heavy atom. The number of carbonyl (C=O) groups excluding carboxylic acids is 1. The number of pyridine rings is 1. The van der Waals surface area contributed by atoms with E-state index in [-0.39, 0.29) is 18.1 Å². The second-order valence-electron chi connectivity index (χ2n) is 8.93. The normalized spacial score (nSPS) is 10.9. The summed E-state index contributed by atoms with van der Waals surface area (Å²) in [5.74, 6) is 0.715. The first kappa shape index (κ1) is 24.1. The molecular formula is C29H31N3O3. The molecule has 0 aliphatic carbocycles. The number of amides is 2. The number of rotatable bonds is 7. The second kappa shape index (κ2) is 10.5. The number of hydrogen-bond acceptors (Lipinski definition) is 3. The van der Waals surface area contributed by atoms with Crippen molar-refractivity contribution in [1.82, 2.24) is 9.88 Å². The van der Waals surface area contributed by atoms with Gasteiger partial charge in [-0.15, -0.1) is 0 Å². The third kappa shape index (κ3) is 5.72. The molecule has 180 valence electrons. The maximum atomic E-state index is 13.3. The Bertz CT molecular complexity index is 1410. The number of nitrogens with zero attached hydrogens (tertiary/aromatic N) is 1. The third-order valence-electron chi connectivity index (χ3n) is 6.26. The summed E-state index contributed by atoms with van der Waals surface area (Å²) in [6.45, 7) is 6.72. The maximum absolute atomic E-state index is 13.3. The Hall–Kier alpha value is -4.06. The SMILES string of the molecule is COc1ccc(NC(=O)N(CCc2cccc(C)c2)Cc2cc3c(C)ccc(C)c3[nH]c2=O)cc1. The fraction of sp³-hybridized carbons (Fsp3) is 0.241. The van der Waals surface area contributed by atoms with E-state index < -0.39 is 0 Å². The lowest BCUT2D eigenvalue weighted by Crippen LogP contribution is -2.37. The quantitative estimate of drug-likeness (QED) is 0.363. The molecule has 6 nitrogen and oxygen atoms in total. The van der Waals surface area contributed by atoms with Gasteiger partial charge in [-0.05, 0) is 74.2 Å². The Morgan fingerprint density at radius 3 is 2.43 bits per heavy atom. The Kier molecular flexibility index (Phi) is 7.20. The molecule has 0 bridgehead atoms. The highest BCUT2D eigenvalue weighted by Crippen LogP contribution is 2.21. The van der Waals surface area contributed by atoms with Crippen molar-refractivity contribution in [3.8, 4) is 5.75 Å². The van der Waals surface area contributed by atoms with Gasteiger partial charge < -0.3 is 19.9 Å². The van der Waals surface area contributed by atoms with Gasteiger partial charge in [0, 0.05) is 23.2 Å². The molecule has 1 heterocycles. The lowest BCUT2D eigenvalue weighted by atomic mass is 10.0. The zero-order chi connectivity index (χ0) is 24.9. The van der Waals surface area contributed by atoms with E-state index in [1.165, 1.54) is 5.56 Å². The molecule has 0 saturated carbocycles. The van der Waals surface area contributed by atoms with Crippen LogP contribution in [-0.2, 0) is 13.0 Å². The van der Waals surface area contributed by atoms with E-state index >= 15 is 0 Å². The minimum absolute atomic E-state index is 0.177. The van der Waals surface area contributed by atoms with Gasteiger partial charge in [-0.2, -0.15) is 0 Å².